The Bertz CT molecular complexity index is 685. The third-order valence-corrected chi connectivity index (χ3v) is 5.06. The number of aryl methyl sites for hydroxylation is 1. The zero-order valence-corrected chi connectivity index (χ0v) is 12.9. The Balaban J connectivity index is 1.80. The Morgan fingerprint density at radius 3 is 2.90 bits per heavy atom. The van der Waals surface area contributed by atoms with Crippen molar-refractivity contribution in [3.05, 3.63) is 46.7 Å². The highest BCUT2D eigenvalue weighted by Gasteiger charge is 2.32. The van der Waals surface area contributed by atoms with Crippen LogP contribution < -0.4 is 5.32 Å². The van der Waals surface area contributed by atoms with Crippen LogP contribution in [0.1, 0.15) is 16.7 Å². The molecule has 4 nitrogen and oxygen atoms in total. The number of rotatable bonds is 3. The molecule has 1 fully saturated rings. The molecule has 1 aliphatic heterocycles. The molecule has 0 amide bonds. The second kappa shape index (κ2) is 5.75. The second-order valence-corrected chi connectivity index (χ2v) is 6.48. The van der Waals surface area contributed by atoms with Crippen molar-refractivity contribution in [1.29, 1.82) is 0 Å². The first-order chi connectivity index (χ1) is 10.0. The van der Waals surface area contributed by atoms with Crippen molar-refractivity contribution >= 4 is 29.3 Å². The van der Waals surface area contributed by atoms with Gasteiger partial charge in [-0.05, 0) is 30.7 Å². The lowest BCUT2D eigenvalue weighted by Crippen LogP contribution is -2.33. The van der Waals surface area contributed by atoms with Crippen molar-refractivity contribution in [2.45, 2.75) is 18.3 Å². The average molecular weight is 324 g/mol. The van der Waals surface area contributed by atoms with E-state index in [4.69, 9.17) is 21.1 Å². The van der Waals surface area contributed by atoms with Crippen molar-refractivity contribution in [2.75, 3.05) is 5.75 Å². The van der Waals surface area contributed by atoms with Gasteiger partial charge in [-0.1, -0.05) is 23.7 Å². The number of carboxylic acids is 1. The van der Waals surface area contributed by atoms with Crippen LogP contribution in [0.4, 0.5) is 0 Å². The lowest BCUT2D eigenvalue weighted by molar-refractivity contribution is -0.138. The number of carboxylic acid groups (broad SMARTS) is 1. The third kappa shape index (κ3) is 2.95. The fourth-order valence-corrected chi connectivity index (χ4v) is 3.53. The summed E-state index contributed by atoms with van der Waals surface area (Å²) in [6.07, 6.45) is 0. The number of benzene rings is 1. The summed E-state index contributed by atoms with van der Waals surface area (Å²) >= 11 is 7.66. The van der Waals surface area contributed by atoms with E-state index in [1.54, 1.807) is 0 Å². The number of aliphatic carboxylic acids is 1. The summed E-state index contributed by atoms with van der Waals surface area (Å²) in [5, 5.41) is 12.6. The van der Waals surface area contributed by atoms with Crippen LogP contribution in [0.2, 0.25) is 5.02 Å². The Kier molecular flexibility index (Phi) is 3.97. The largest absolute Gasteiger partial charge is 0.480 e. The van der Waals surface area contributed by atoms with Crippen LogP contribution in [0.25, 0.3) is 11.3 Å². The SMILES string of the molecule is Cc1ccc(-c2ccc(C3NC(C(=O)O)CS3)o2)cc1Cl. The number of furan rings is 1. The fourth-order valence-electron chi connectivity index (χ4n) is 2.17. The minimum absolute atomic E-state index is 0.124. The molecule has 2 heterocycles. The highest BCUT2D eigenvalue weighted by molar-refractivity contribution is 7.99. The van der Waals surface area contributed by atoms with Crippen LogP contribution in [-0.2, 0) is 4.79 Å². The van der Waals surface area contributed by atoms with E-state index < -0.39 is 12.0 Å². The smallest absolute Gasteiger partial charge is 0.321 e. The van der Waals surface area contributed by atoms with Crippen LogP contribution in [0.5, 0.6) is 0 Å². The van der Waals surface area contributed by atoms with Crippen molar-refractivity contribution < 1.29 is 14.3 Å². The zero-order valence-electron chi connectivity index (χ0n) is 11.3. The van der Waals surface area contributed by atoms with Crippen LogP contribution in [0.3, 0.4) is 0 Å². The van der Waals surface area contributed by atoms with Crippen LogP contribution in [0, 0.1) is 6.92 Å². The van der Waals surface area contributed by atoms with E-state index in [0.717, 1.165) is 22.6 Å². The first-order valence-corrected chi connectivity index (χ1v) is 7.94. The molecule has 3 rings (SSSR count). The number of hydrogen-bond donors (Lipinski definition) is 2. The van der Waals surface area contributed by atoms with Gasteiger partial charge in [0, 0.05) is 16.3 Å². The Morgan fingerprint density at radius 1 is 1.43 bits per heavy atom. The fraction of sp³-hybridized carbons (Fsp3) is 0.267. The van der Waals surface area contributed by atoms with E-state index in [1.165, 1.54) is 11.8 Å². The molecule has 110 valence electrons. The van der Waals surface area contributed by atoms with E-state index in [1.807, 2.05) is 37.3 Å². The molecule has 2 unspecified atom stereocenters. The van der Waals surface area contributed by atoms with Gasteiger partial charge in [-0.3, -0.25) is 10.1 Å². The third-order valence-electron chi connectivity index (χ3n) is 3.42. The number of nitrogens with one attached hydrogen (secondary N) is 1. The first kappa shape index (κ1) is 14.5. The Hall–Kier alpha value is -1.43. The summed E-state index contributed by atoms with van der Waals surface area (Å²) in [6.45, 7) is 1.95. The van der Waals surface area contributed by atoms with E-state index in [9.17, 15) is 4.79 Å². The summed E-state index contributed by atoms with van der Waals surface area (Å²) < 4.78 is 5.84. The van der Waals surface area contributed by atoms with Crippen molar-refractivity contribution in [2.24, 2.45) is 0 Å². The van der Waals surface area contributed by atoms with Gasteiger partial charge in [-0.25, -0.2) is 0 Å². The van der Waals surface area contributed by atoms with Crippen molar-refractivity contribution in [1.82, 2.24) is 5.32 Å². The van der Waals surface area contributed by atoms with Gasteiger partial charge in [0.1, 0.15) is 22.9 Å². The van der Waals surface area contributed by atoms with Gasteiger partial charge in [-0.15, -0.1) is 11.8 Å². The van der Waals surface area contributed by atoms with Crippen LogP contribution >= 0.6 is 23.4 Å². The summed E-state index contributed by atoms with van der Waals surface area (Å²) in [5.41, 5.74) is 1.93. The van der Waals surface area contributed by atoms with Gasteiger partial charge in [0.05, 0.1) is 0 Å². The van der Waals surface area contributed by atoms with Crippen LogP contribution in [-0.4, -0.2) is 22.9 Å². The molecule has 1 aliphatic rings. The summed E-state index contributed by atoms with van der Waals surface area (Å²) in [6, 6.07) is 9.00. The minimum atomic E-state index is -0.831. The molecular weight excluding hydrogens is 310 g/mol. The maximum absolute atomic E-state index is 11.0. The lowest BCUT2D eigenvalue weighted by atomic mass is 10.1. The summed E-state index contributed by atoms with van der Waals surface area (Å²) in [5.74, 6) is 1.16. The molecular formula is C15H14ClNO3S. The van der Waals surface area contributed by atoms with Gasteiger partial charge in [0.15, 0.2) is 0 Å². The molecule has 1 aromatic heterocycles. The molecule has 2 N–H and O–H groups in total. The van der Waals surface area contributed by atoms with E-state index in [0.29, 0.717) is 10.8 Å². The maximum atomic E-state index is 11.0. The molecule has 2 aromatic rings. The molecule has 2 atom stereocenters. The first-order valence-electron chi connectivity index (χ1n) is 6.51. The van der Waals surface area contributed by atoms with Gasteiger partial charge >= 0.3 is 5.97 Å². The van der Waals surface area contributed by atoms with E-state index >= 15 is 0 Å². The van der Waals surface area contributed by atoms with Gasteiger partial charge < -0.3 is 9.52 Å². The monoisotopic (exact) mass is 323 g/mol. The summed E-state index contributed by atoms with van der Waals surface area (Å²) in [7, 11) is 0. The Morgan fingerprint density at radius 2 is 2.24 bits per heavy atom. The lowest BCUT2D eigenvalue weighted by Gasteiger charge is -2.07. The van der Waals surface area contributed by atoms with Gasteiger partial charge in [0.2, 0.25) is 0 Å². The predicted molar refractivity (Wildman–Crippen MR) is 83.6 cm³/mol. The van der Waals surface area contributed by atoms with E-state index in [-0.39, 0.29) is 5.37 Å². The number of carbonyl (C=O) groups is 1. The topological polar surface area (TPSA) is 62.5 Å². The maximum Gasteiger partial charge on any atom is 0.321 e. The van der Waals surface area contributed by atoms with Crippen LogP contribution in [0.15, 0.2) is 34.7 Å². The van der Waals surface area contributed by atoms with Crippen molar-refractivity contribution in [3.8, 4) is 11.3 Å². The molecule has 6 heteroatoms. The number of halogens is 1. The highest BCUT2D eigenvalue weighted by Crippen LogP contribution is 2.36. The molecule has 0 spiro atoms. The molecule has 0 bridgehead atoms. The molecule has 1 saturated heterocycles. The normalized spacial score (nSPS) is 21.6. The molecule has 0 aliphatic carbocycles. The quantitative estimate of drug-likeness (QED) is 0.902. The number of thioether (sulfide) groups is 1. The molecule has 21 heavy (non-hydrogen) atoms. The predicted octanol–water partition coefficient (Wildman–Crippen LogP) is 3.70. The van der Waals surface area contributed by atoms with E-state index in [2.05, 4.69) is 5.32 Å². The average Bonchev–Trinajstić information content (AvgIpc) is 3.09. The van der Waals surface area contributed by atoms with Crippen molar-refractivity contribution in [3.63, 3.8) is 0 Å². The standard InChI is InChI=1S/C15H14ClNO3S/c1-8-2-3-9(6-10(8)16)12-4-5-13(20-12)14-17-11(7-21-14)15(18)19/h2-6,11,14,17H,7H2,1H3,(H,18,19). The summed E-state index contributed by atoms with van der Waals surface area (Å²) in [4.78, 5) is 11.0. The highest BCUT2D eigenvalue weighted by atomic mass is 35.5. The second-order valence-electron chi connectivity index (χ2n) is 4.94. The zero-order chi connectivity index (χ0) is 15.0. The minimum Gasteiger partial charge on any atom is -0.480 e. The van der Waals surface area contributed by atoms with Gasteiger partial charge in [-0.2, -0.15) is 0 Å². The molecule has 1 aromatic carbocycles. The Labute approximate surface area is 131 Å². The number of hydrogen-bond acceptors (Lipinski definition) is 4. The van der Waals surface area contributed by atoms with Gasteiger partial charge in [0.25, 0.3) is 0 Å². The molecule has 0 radical (unpaired) electrons. The molecule has 0 saturated carbocycles.